The molecule has 0 unspecified atom stereocenters. The zero-order chi connectivity index (χ0) is 7.49. The normalized spacial score (nSPS) is 15.7. The van der Waals surface area contributed by atoms with Gasteiger partial charge >= 0.3 is 0 Å². The summed E-state index contributed by atoms with van der Waals surface area (Å²) in [4.78, 5) is 10.5. The van der Waals surface area contributed by atoms with E-state index in [1.165, 1.54) is 13.3 Å². The molecule has 3 heteroatoms. The Hall–Kier alpha value is -1.04. The van der Waals surface area contributed by atoms with Gasteiger partial charge in [-0.1, -0.05) is 6.92 Å². The van der Waals surface area contributed by atoms with E-state index in [0.29, 0.717) is 0 Å². The third-order valence-corrected chi connectivity index (χ3v) is 1.32. The van der Waals surface area contributed by atoms with Gasteiger partial charge < -0.3 is 5.73 Å². The highest BCUT2D eigenvalue weighted by Gasteiger charge is 2.28. The number of amides is 1. The van der Waals surface area contributed by atoms with Crippen LogP contribution in [0.1, 0.15) is 13.8 Å². The lowest BCUT2D eigenvalue weighted by Gasteiger charge is -2.12. The van der Waals surface area contributed by atoms with Gasteiger partial charge in [0.25, 0.3) is 0 Å². The summed E-state index contributed by atoms with van der Waals surface area (Å²) in [6.45, 7) is 3.11. The van der Waals surface area contributed by atoms with Crippen LogP contribution >= 0.6 is 0 Å². The van der Waals surface area contributed by atoms with E-state index in [1.54, 1.807) is 13.0 Å². The van der Waals surface area contributed by atoms with Crippen molar-refractivity contribution in [3.05, 3.63) is 6.42 Å². The molecule has 1 amide bonds. The second-order valence-corrected chi connectivity index (χ2v) is 1.97. The van der Waals surface area contributed by atoms with Crippen molar-refractivity contribution < 1.29 is 4.79 Å². The molecule has 0 aliphatic heterocycles. The fraction of sp³-hybridized carbons (Fsp3) is 0.500. The van der Waals surface area contributed by atoms with Crippen molar-refractivity contribution in [3.8, 4) is 6.07 Å². The Bertz CT molecular complexity index is 159. The summed E-state index contributed by atoms with van der Waals surface area (Å²) >= 11 is 0. The Kier molecular flexibility index (Phi) is 2.20. The van der Waals surface area contributed by atoms with Crippen LogP contribution in [0.15, 0.2) is 0 Å². The average molecular weight is 125 g/mol. The highest BCUT2D eigenvalue weighted by molar-refractivity contribution is 5.84. The topological polar surface area (TPSA) is 66.9 Å². The van der Waals surface area contributed by atoms with E-state index in [1.807, 2.05) is 0 Å². The molecule has 0 bridgehead atoms. The van der Waals surface area contributed by atoms with E-state index in [0.717, 1.165) is 0 Å². The molecule has 0 rings (SSSR count). The van der Waals surface area contributed by atoms with Crippen LogP contribution in [0.2, 0.25) is 0 Å². The van der Waals surface area contributed by atoms with E-state index in [2.05, 4.69) is 0 Å². The standard InChI is InChI=1S/C6H9N2O/c1-3-6(2,4-7)5(8)9/h3H,1-2H3,(H2,8,9)/t6-/m0/s1. The second kappa shape index (κ2) is 2.49. The Morgan fingerprint density at radius 2 is 2.33 bits per heavy atom. The smallest absolute Gasteiger partial charge is 0.237 e. The first-order valence-corrected chi connectivity index (χ1v) is 2.58. The summed E-state index contributed by atoms with van der Waals surface area (Å²) in [6, 6.07) is 1.80. The van der Waals surface area contributed by atoms with Gasteiger partial charge in [-0.2, -0.15) is 5.26 Å². The van der Waals surface area contributed by atoms with E-state index in [9.17, 15) is 4.79 Å². The molecular formula is C6H9N2O. The van der Waals surface area contributed by atoms with Gasteiger partial charge in [0, 0.05) is 0 Å². The summed E-state index contributed by atoms with van der Waals surface area (Å²) in [6.07, 6.45) is 1.48. The van der Waals surface area contributed by atoms with E-state index in [4.69, 9.17) is 11.0 Å². The van der Waals surface area contributed by atoms with Gasteiger partial charge in [0.15, 0.2) is 0 Å². The number of hydrogen-bond acceptors (Lipinski definition) is 2. The fourth-order valence-electron chi connectivity index (χ4n) is 0.262. The molecule has 0 saturated carbocycles. The first-order valence-electron chi connectivity index (χ1n) is 2.58. The number of hydrogen-bond donors (Lipinski definition) is 1. The number of nitrogens with two attached hydrogens (primary N) is 1. The third kappa shape index (κ3) is 1.43. The third-order valence-electron chi connectivity index (χ3n) is 1.32. The molecule has 0 saturated heterocycles. The predicted molar refractivity (Wildman–Crippen MR) is 32.9 cm³/mol. The molecule has 2 N–H and O–H groups in total. The number of primary amides is 1. The van der Waals surface area contributed by atoms with Crippen molar-refractivity contribution in [1.29, 1.82) is 5.26 Å². The molecule has 0 aromatic heterocycles. The summed E-state index contributed by atoms with van der Waals surface area (Å²) in [5.41, 5.74) is 3.80. The second-order valence-electron chi connectivity index (χ2n) is 1.97. The van der Waals surface area contributed by atoms with Crippen LogP contribution in [0.5, 0.6) is 0 Å². The SMILES string of the molecule is C[CH][C@@](C)(C#N)C(N)=O. The van der Waals surface area contributed by atoms with E-state index >= 15 is 0 Å². The summed E-state index contributed by atoms with van der Waals surface area (Å²) in [5.74, 6) is -0.604. The zero-order valence-corrected chi connectivity index (χ0v) is 5.51. The van der Waals surface area contributed by atoms with Crippen LogP contribution < -0.4 is 5.73 Å². The van der Waals surface area contributed by atoms with Crippen LogP contribution in [0.25, 0.3) is 0 Å². The molecule has 0 spiro atoms. The molecule has 0 heterocycles. The lowest BCUT2D eigenvalue weighted by molar-refractivity contribution is -0.122. The number of carbonyl (C=O) groups excluding carboxylic acids is 1. The predicted octanol–water partition coefficient (Wildman–Crippen LogP) is 0.226. The lowest BCUT2D eigenvalue weighted by atomic mass is 9.89. The Balaban J connectivity index is 4.33. The Morgan fingerprint density at radius 3 is 2.33 bits per heavy atom. The molecule has 0 aromatic carbocycles. The first kappa shape index (κ1) is 7.96. The van der Waals surface area contributed by atoms with Gasteiger partial charge in [0.1, 0.15) is 5.41 Å². The summed E-state index contributed by atoms with van der Waals surface area (Å²) in [7, 11) is 0. The molecule has 0 aliphatic rings. The van der Waals surface area contributed by atoms with E-state index < -0.39 is 11.3 Å². The fourth-order valence-corrected chi connectivity index (χ4v) is 0.262. The van der Waals surface area contributed by atoms with Crippen molar-refractivity contribution in [2.24, 2.45) is 11.1 Å². The van der Waals surface area contributed by atoms with Crippen molar-refractivity contribution in [3.63, 3.8) is 0 Å². The minimum absolute atomic E-state index is 0.604. The average Bonchev–Trinajstić information content (AvgIpc) is 1.86. The molecule has 1 atom stereocenters. The first-order chi connectivity index (χ1) is 4.06. The van der Waals surface area contributed by atoms with Crippen LogP contribution in [0.3, 0.4) is 0 Å². The van der Waals surface area contributed by atoms with Crippen LogP contribution in [0, 0.1) is 23.2 Å². The van der Waals surface area contributed by atoms with Crippen molar-refractivity contribution in [2.45, 2.75) is 13.8 Å². The summed E-state index contributed by atoms with van der Waals surface area (Å²) < 4.78 is 0. The number of nitrogens with zero attached hydrogens (tertiary/aromatic N) is 1. The van der Waals surface area contributed by atoms with Crippen LogP contribution in [-0.2, 0) is 4.79 Å². The van der Waals surface area contributed by atoms with Gasteiger partial charge in [-0.15, -0.1) is 0 Å². The molecule has 1 radical (unpaired) electrons. The number of nitriles is 1. The highest BCUT2D eigenvalue weighted by atomic mass is 16.1. The quantitative estimate of drug-likeness (QED) is 0.573. The molecule has 3 nitrogen and oxygen atoms in total. The summed E-state index contributed by atoms with van der Waals surface area (Å²) in [5, 5.41) is 8.37. The monoisotopic (exact) mass is 125 g/mol. The van der Waals surface area contributed by atoms with Crippen LogP contribution in [0.4, 0.5) is 0 Å². The number of carbonyl (C=O) groups is 1. The largest absolute Gasteiger partial charge is 0.368 e. The van der Waals surface area contributed by atoms with Gasteiger partial charge in [-0.25, -0.2) is 0 Å². The van der Waals surface area contributed by atoms with E-state index in [-0.39, 0.29) is 0 Å². The van der Waals surface area contributed by atoms with Gasteiger partial charge in [-0.05, 0) is 13.3 Å². The molecular weight excluding hydrogens is 116 g/mol. The highest BCUT2D eigenvalue weighted by Crippen LogP contribution is 2.16. The molecule has 9 heavy (non-hydrogen) atoms. The van der Waals surface area contributed by atoms with Gasteiger partial charge in [0.05, 0.1) is 6.07 Å². The maximum Gasteiger partial charge on any atom is 0.237 e. The minimum Gasteiger partial charge on any atom is -0.368 e. The molecule has 0 aromatic rings. The maximum atomic E-state index is 10.5. The van der Waals surface area contributed by atoms with Gasteiger partial charge in [-0.3, -0.25) is 4.79 Å². The van der Waals surface area contributed by atoms with Crippen molar-refractivity contribution >= 4 is 5.91 Å². The Labute approximate surface area is 54.5 Å². The van der Waals surface area contributed by atoms with Gasteiger partial charge in [0.2, 0.25) is 5.91 Å². The molecule has 0 aliphatic carbocycles. The van der Waals surface area contributed by atoms with Crippen molar-refractivity contribution in [2.75, 3.05) is 0 Å². The lowest BCUT2D eigenvalue weighted by Crippen LogP contribution is -2.32. The Morgan fingerprint density at radius 1 is 1.89 bits per heavy atom. The van der Waals surface area contributed by atoms with Crippen LogP contribution in [-0.4, -0.2) is 5.91 Å². The minimum atomic E-state index is -1.10. The zero-order valence-electron chi connectivity index (χ0n) is 5.51. The number of rotatable bonds is 2. The molecule has 0 fully saturated rings. The van der Waals surface area contributed by atoms with Crippen molar-refractivity contribution in [1.82, 2.24) is 0 Å². The molecule has 49 valence electrons. The maximum absolute atomic E-state index is 10.5.